The van der Waals surface area contributed by atoms with Crippen LogP contribution in [-0.2, 0) is 9.47 Å². The van der Waals surface area contributed by atoms with E-state index in [1.165, 1.54) is 0 Å². The van der Waals surface area contributed by atoms with Crippen molar-refractivity contribution in [3.63, 3.8) is 0 Å². The van der Waals surface area contributed by atoms with Crippen LogP contribution in [0.3, 0.4) is 0 Å². The lowest BCUT2D eigenvalue weighted by atomic mass is 10.2. The van der Waals surface area contributed by atoms with E-state index < -0.39 is 23.4 Å². The number of hydrogen-bond acceptors (Lipinski definition) is 6. The van der Waals surface area contributed by atoms with Crippen LogP contribution in [0.4, 0.5) is 9.59 Å². The summed E-state index contributed by atoms with van der Waals surface area (Å²) in [5, 5.41) is 5.84. The van der Waals surface area contributed by atoms with Crippen LogP contribution in [0.5, 0.6) is 0 Å². The summed E-state index contributed by atoms with van der Waals surface area (Å²) < 4.78 is 10.6. The summed E-state index contributed by atoms with van der Waals surface area (Å²) in [6.07, 6.45) is -0.121. The lowest BCUT2D eigenvalue weighted by molar-refractivity contribution is 0.0238. The minimum absolute atomic E-state index is 0.296. The van der Waals surface area contributed by atoms with Gasteiger partial charge in [0.1, 0.15) is 11.2 Å². The van der Waals surface area contributed by atoms with Gasteiger partial charge in [0.15, 0.2) is 0 Å². The SMILES string of the molecule is CC(C)(C)OC(=O)NCCN(CCCNCCN)C(=O)OC(C)(C)C. The maximum Gasteiger partial charge on any atom is 0.410 e. The molecule has 0 atom stereocenters. The standard InChI is InChI=1S/C17H36N4O4/c1-16(2,3)24-14(22)20-11-13-21(12-7-9-19-10-8-18)15(23)25-17(4,5)6/h19H,7-13,18H2,1-6H3,(H,20,22). The summed E-state index contributed by atoms with van der Waals surface area (Å²) in [4.78, 5) is 25.6. The van der Waals surface area contributed by atoms with E-state index in [-0.39, 0.29) is 0 Å². The second kappa shape index (κ2) is 11.1. The third-order valence-electron chi connectivity index (χ3n) is 2.80. The van der Waals surface area contributed by atoms with Crippen molar-refractivity contribution in [3.8, 4) is 0 Å². The topological polar surface area (TPSA) is 106 Å². The molecule has 0 saturated carbocycles. The molecular formula is C17H36N4O4. The third kappa shape index (κ3) is 14.5. The van der Waals surface area contributed by atoms with Crippen LogP contribution in [-0.4, -0.2) is 67.6 Å². The van der Waals surface area contributed by atoms with Crippen LogP contribution in [0.2, 0.25) is 0 Å². The number of hydrogen-bond donors (Lipinski definition) is 3. The molecule has 2 amide bonds. The Hall–Kier alpha value is -1.54. The van der Waals surface area contributed by atoms with Gasteiger partial charge in [-0.3, -0.25) is 0 Å². The monoisotopic (exact) mass is 360 g/mol. The zero-order chi connectivity index (χ0) is 19.5. The Morgan fingerprint density at radius 2 is 1.52 bits per heavy atom. The Balaban J connectivity index is 4.42. The predicted octanol–water partition coefficient (Wildman–Crippen LogP) is 1.69. The first-order valence-corrected chi connectivity index (χ1v) is 8.80. The molecule has 0 heterocycles. The molecular weight excluding hydrogens is 324 g/mol. The minimum atomic E-state index is -0.564. The first-order valence-electron chi connectivity index (χ1n) is 8.80. The van der Waals surface area contributed by atoms with Gasteiger partial charge >= 0.3 is 12.2 Å². The molecule has 0 saturated heterocycles. The van der Waals surface area contributed by atoms with E-state index in [4.69, 9.17) is 15.2 Å². The van der Waals surface area contributed by atoms with Crippen LogP contribution in [0.25, 0.3) is 0 Å². The predicted molar refractivity (Wildman–Crippen MR) is 98.6 cm³/mol. The molecule has 148 valence electrons. The summed E-state index contributed by atoms with van der Waals surface area (Å²) in [6, 6.07) is 0. The van der Waals surface area contributed by atoms with Crippen molar-refractivity contribution in [2.75, 3.05) is 39.3 Å². The second-order valence-electron chi connectivity index (χ2n) is 7.79. The Labute approximate surface area is 151 Å². The molecule has 0 unspecified atom stereocenters. The summed E-state index contributed by atoms with van der Waals surface area (Å²) in [6.45, 7) is 14.1. The Bertz CT molecular complexity index is 402. The fourth-order valence-corrected chi connectivity index (χ4v) is 1.85. The van der Waals surface area contributed by atoms with Crippen LogP contribution in [0.15, 0.2) is 0 Å². The lowest BCUT2D eigenvalue weighted by Gasteiger charge is -2.28. The molecule has 25 heavy (non-hydrogen) atoms. The highest BCUT2D eigenvalue weighted by molar-refractivity contribution is 5.69. The van der Waals surface area contributed by atoms with Crippen LogP contribution < -0.4 is 16.4 Å². The highest BCUT2D eigenvalue weighted by Crippen LogP contribution is 2.10. The van der Waals surface area contributed by atoms with Crippen molar-refractivity contribution in [1.29, 1.82) is 0 Å². The van der Waals surface area contributed by atoms with Gasteiger partial charge in [0.2, 0.25) is 0 Å². The summed E-state index contributed by atoms with van der Waals surface area (Å²) in [7, 11) is 0. The number of alkyl carbamates (subject to hydrolysis) is 1. The number of nitrogens with one attached hydrogen (secondary N) is 2. The molecule has 0 aliphatic heterocycles. The van der Waals surface area contributed by atoms with Crippen molar-refractivity contribution in [3.05, 3.63) is 0 Å². The van der Waals surface area contributed by atoms with Crippen molar-refractivity contribution in [1.82, 2.24) is 15.5 Å². The first kappa shape index (κ1) is 23.5. The second-order valence-corrected chi connectivity index (χ2v) is 7.79. The highest BCUT2D eigenvalue weighted by atomic mass is 16.6. The molecule has 0 radical (unpaired) electrons. The number of ether oxygens (including phenoxy) is 2. The van der Waals surface area contributed by atoms with E-state index in [0.717, 1.165) is 19.5 Å². The van der Waals surface area contributed by atoms with Gasteiger partial charge in [-0.1, -0.05) is 0 Å². The van der Waals surface area contributed by atoms with Gasteiger partial charge in [0.05, 0.1) is 0 Å². The number of nitrogens with two attached hydrogens (primary N) is 1. The van der Waals surface area contributed by atoms with Gasteiger partial charge in [0.25, 0.3) is 0 Å². The van der Waals surface area contributed by atoms with Crippen molar-refractivity contribution in [2.45, 2.75) is 59.2 Å². The van der Waals surface area contributed by atoms with E-state index in [1.54, 1.807) is 25.7 Å². The third-order valence-corrected chi connectivity index (χ3v) is 2.80. The zero-order valence-electron chi connectivity index (χ0n) is 16.6. The zero-order valence-corrected chi connectivity index (χ0v) is 16.6. The maximum atomic E-state index is 12.3. The summed E-state index contributed by atoms with van der Waals surface area (Å²) in [5.41, 5.74) is 4.31. The normalized spacial score (nSPS) is 11.8. The number of carbonyl (C=O) groups is 2. The minimum Gasteiger partial charge on any atom is -0.444 e. The van der Waals surface area contributed by atoms with Crippen molar-refractivity contribution in [2.24, 2.45) is 5.73 Å². The average molecular weight is 360 g/mol. The van der Waals surface area contributed by atoms with E-state index in [0.29, 0.717) is 26.2 Å². The molecule has 0 aromatic rings. The molecule has 0 aromatic carbocycles. The van der Waals surface area contributed by atoms with E-state index in [9.17, 15) is 9.59 Å². The number of rotatable bonds is 9. The lowest BCUT2D eigenvalue weighted by Crippen LogP contribution is -2.43. The Morgan fingerprint density at radius 1 is 0.920 bits per heavy atom. The van der Waals surface area contributed by atoms with Gasteiger partial charge in [-0.05, 0) is 54.5 Å². The molecule has 0 rings (SSSR count). The van der Waals surface area contributed by atoms with E-state index in [1.807, 2.05) is 20.8 Å². The Kier molecular flexibility index (Phi) is 10.5. The molecule has 0 spiro atoms. The number of nitrogens with zero attached hydrogens (tertiary/aromatic N) is 1. The maximum absolute atomic E-state index is 12.3. The van der Waals surface area contributed by atoms with Crippen molar-refractivity contribution < 1.29 is 19.1 Å². The largest absolute Gasteiger partial charge is 0.444 e. The molecule has 0 bridgehead atoms. The Morgan fingerprint density at radius 3 is 2.04 bits per heavy atom. The van der Waals surface area contributed by atoms with Gasteiger partial charge in [-0.2, -0.15) is 0 Å². The molecule has 0 aliphatic rings. The van der Waals surface area contributed by atoms with Gasteiger partial charge in [-0.25, -0.2) is 9.59 Å². The van der Waals surface area contributed by atoms with Crippen molar-refractivity contribution >= 4 is 12.2 Å². The fourth-order valence-electron chi connectivity index (χ4n) is 1.85. The first-order chi connectivity index (χ1) is 11.4. The van der Waals surface area contributed by atoms with E-state index >= 15 is 0 Å². The van der Waals surface area contributed by atoms with E-state index in [2.05, 4.69) is 10.6 Å². The van der Waals surface area contributed by atoms with Gasteiger partial charge in [-0.15, -0.1) is 0 Å². The highest BCUT2D eigenvalue weighted by Gasteiger charge is 2.22. The van der Waals surface area contributed by atoms with Gasteiger partial charge in [0, 0.05) is 32.7 Å². The molecule has 0 aromatic heterocycles. The molecule has 8 nitrogen and oxygen atoms in total. The fraction of sp³-hybridized carbons (Fsp3) is 0.882. The summed E-state index contributed by atoms with van der Waals surface area (Å²) in [5.74, 6) is 0. The molecule has 0 fully saturated rings. The van der Waals surface area contributed by atoms with Gasteiger partial charge < -0.3 is 30.7 Å². The number of carbonyl (C=O) groups excluding carboxylic acids is 2. The molecule has 0 aliphatic carbocycles. The summed E-state index contributed by atoms with van der Waals surface area (Å²) >= 11 is 0. The van der Waals surface area contributed by atoms with Crippen LogP contribution >= 0.6 is 0 Å². The average Bonchev–Trinajstić information content (AvgIpc) is 2.41. The molecule has 8 heteroatoms. The van der Waals surface area contributed by atoms with Crippen LogP contribution in [0, 0.1) is 0 Å². The van der Waals surface area contributed by atoms with Crippen LogP contribution in [0.1, 0.15) is 48.0 Å². The smallest absolute Gasteiger partial charge is 0.410 e. The molecule has 4 N–H and O–H groups in total. The quantitative estimate of drug-likeness (QED) is 0.540. The number of amides is 2.